The minimum Gasteiger partial charge on any atom is -0.478 e. The molecule has 1 aromatic carbocycles. The summed E-state index contributed by atoms with van der Waals surface area (Å²) in [5, 5.41) is 21.9. The monoisotopic (exact) mass is 550 g/mol. The number of pyridine rings is 3. The Bertz CT molecular complexity index is 1910. The van der Waals surface area contributed by atoms with Crippen molar-refractivity contribution in [2.75, 3.05) is 0 Å². The van der Waals surface area contributed by atoms with E-state index in [9.17, 15) is 19.8 Å². The molecular formula is C29H18N4O4S2. The Morgan fingerprint density at radius 1 is 0.718 bits per heavy atom. The van der Waals surface area contributed by atoms with Crippen LogP contribution >= 0.6 is 22.7 Å². The summed E-state index contributed by atoms with van der Waals surface area (Å²) in [6.07, 6.45) is 2.99. The number of carboxylic acids is 2. The van der Waals surface area contributed by atoms with Crippen molar-refractivity contribution in [2.45, 2.75) is 6.92 Å². The Morgan fingerprint density at radius 3 is 2.10 bits per heavy atom. The maximum absolute atomic E-state index is 11.9. The number of hydrogen-bond donors (Lipinski definition) is 2. The van der Waals surface area contributed by atoms with Crippen molar-refractivity contribution in [3.05, 3.63) is 95.1 Å². The van der Waals surface area contributed by atoms with Gasteiger partial charge in [-0.2, -0.15) is 0 Å². The molecule has 5 heterocycles. The van der Waals surface area contributed by atoms with Crippen molar-refractivity contribution in [2.24, 2.45) is 0 Å². The molecule has 0 aliphatic carbocycles. The largest absolute Gasteiger partial charge is 0.478 e. The van der Waals surface area contributed by atoms with E-state index < -0.39 is 11.9 Å². The number of benzene rings is 1. The van der Waals surface area contributed by atoms with Gasteiger partial charge in [0.1, 0.15) is 5.01 Å². The zero-order chi connectivity index (χ0) is 27.1. The first kappa shape index (κ1) is 24.5. The molecule has 8 nitrogen and oxygen atoms in total. The number of thiazole rings is 1. The van der Waals surface area contributed by atoms with Crippen LogP contribution in [0.25, 0.3) is 54.0 Å². The molecule has 0 atom stereocenters. The van der Waals surface area contributed by atoms with Crippen molar-refractivity contribution in [1.82, 2.24) is 19.9 Å². The zero-order valence-corrected chi connectivity index (χ0v) is 22.0. The molecule has 0 aliphatic rings. The van der Waals surface area contributed by atoms with Crippen LogP contribution in [-0.2, 0) is 0 Å². The minimum absolute atomic E-state index is 0.0129. The Balaban J connectivity index is 1.41. The standard InChI is InChI=1S/C29H18N4O4S2/c1-15-6-9-38-26(15)16-2-3-25-24(10-16)33-27(39-25)17-4-7-30-20(11-17)22-13-19(29(36)37)14-23(32-22)21-12-18(28(34)35)5-8-31-21/h2-14H,1H3,(H,34,35)(H,36,37). The number of carboxylic acid groups (broad SMARTS) is 2. The summed E-state index contributed by atoms with van der Waals surface area (Å²) in [4.78, 5) is 42.6. The Kier molecular flexibility index (Phi) is 6.18. The van der Waals surface area contributed by atoms with Crippen LogP contribution in [-0.4, -0.2) is 42.1 Å². The van der Waals surface area contributed by atoms with Crippen molar-refractivity contribution < 1.29 is 19.8 Å². The number of rotatable bonds is 6. The highest BCUT2D eigenvalue weighted by atomic mass is 32.1. The van der Waals surface area contributed by atoms with Gasteiger partial charge in [-0.05, 0) is 78.0 Å². The van der Waals surface area contributed by atoms with E-state index in [1.54, 1.807) is 28.9 Å². The third-order valence-electron chi connectivity index (χ3n) is 6.12. The number of carbonyl (C=O) groups is 2. The summed E-state index contributed by atoms with van der Waals surface area (Å²) in [5.74, 6) is -2.26. The van der Waals surface area contributed by atoms with Crippen LogP contribution in [0, 0.1) is 6.92 Å². The maximum Gasteiger partial charge on any atom is 0.335 e. The lowest BCUT2D eigenvalue weighted by Gasteiger charge is -2.08. The van der Waals surface area contributed by atoms with Gasteiger partial charge in [0.05, 0.1) is 44.1 Å². The molecular weight excluding hydrogens is 532 g/mol. The second kappa shape index (κ2) is 9.82. The van der Waals surface area contributed by atoms with E-state index >= 15 is 0 Å². The summed E-state index contributed by atoms with van der Waals surface area (Å²) in [7, 11) is 0. The first-order valence-corrected chi connectivity index (χ1v) is 13.4. The Labute approximate surface area is 230 Å². The predicted octanol–water partition coefficient (Wildman–Crippen LogP) is 6.92. The van der Waals surface area contributed by atoms with Crippen molar-refractivity contribution >= 4 is 44.8 Å². The quantitative estimate of drug-likeness (QED) is 0.229. The summed E-state index contributed by atoms with van der Waals surface area (Å²) >= 11 is 3.26. The molecule has 0 fully saturated rings. The van der Waals surface area contributed by atoms with Crippen LogP contribution in [0.15, 0.2) is 78.4 Å². The first-order valence-electron chi connectivity index (χ1n) is 11.7. The fourth-order valence-electron chi connectivity index (χ4n) is 4.18. The van der Waals surface area contributed by atoms with Crippen LogP contribution in [0.5, 0.6) is 0 Å². The van der Waals surface area contributed by atoms with Crippen LogP contribution in [0.4, 0.5) is 0 Å². The number of nitrogens with zero attached hydrogens (tertiary/aromatic N) is 4. The summed E-state index contributed by atoms with van der Waals surface area (Å²) in [5.41, 5.74) is 5.36. The number of aryl methyl sites for hydroxylation is 1. The second-order valence-corrected chi connectivity index (χ2v) is 10.7. The van der Waals surface area contributed by atoms with E-state index in [0.29, 0.717) is 11.4 Å². The van der Waals surface area contributed by atoms with Crippen LogP contribution < -0.4 is 0 Å². The van der Waals surface area contributed by atoms with Crippen LogP contribution in [0.2, 0.25) is 0 Å². The van der Waals surface area contributed by atoms with Gasteiger partial charge in [-0.15, -0.1) is 22.7 Å². The minimum atomic E-state index is -1.15. The lowest BCUT2D eigenvalue weighted by molar-refractivity contribution is 0.0686. The van der Waals surface area contributed by atoms with Gasteiger partial charge in [0.15, 0.2) is 0 Å². The first-order chi connectivity index (χ1) is 18.9. The van der Waals surface area contributed by atoms with Crippen molar-refractivity contribution in [3.63, 3.8) is 0 Å². The molecule has 6 rings (SSSR count). The van der Waals surface area contributed by atoms with Gasteiger partial charge in [-0.25, -0.2) is 19.6 Å². The van der Waals surface area contributed by atoms with Gasteiger partial charge in [-0.3, -0.25) is 9.97 Å². The van der Waals surface area contributed by atoms with E-state index in [4.69, 9.17) is 4.98 Å². The number of aromatic carboxylic acids is 2. The molecule has 0 amide bonds. The maximum atomic E-state index is 11.9. The Hall–Kier alpha value is -4.80. The Morgan fingerprint density at radius 2 is 1.41 bits per heavy atom. The molecule has 0 aliphatic heterocycles. The van der Waals surface area contributed by atoms with Gasteiger partial charge in [0.2, 0.25) is 0 Å². The predicted molar refractivity (Wildman–Crippen MR) is 151 cm³/mol. The highest BCUT2D eigenvalue weighted by molar-refractivity contribution is 7.21. The van der Waals surface area contributed by atoms with E-state index in [-0.39, 0.29) is 22.5 Å². The summed E-state index contributed by atoms with van der Waals surface area (Å²) < 4.78 is 1.05. The molecule has 5 aromatic heterocycles. The van der Waals surface area contributed by atoms with Gasteiger partial charge >= 0.3 is 11.9 Å². The summed E-state index contributed by atoms with van der Waals surface area (Å²) in [6.45, 7) is 2.10. The molecule has 0 spiro atoms. The molecule has 0 saturated heterocycles. The van der Waals surface area contributed by atoms with Crippen molar-refractivity contribution in [1.29, 1.82) is 0 Å². The van der Waals surface area contributed by atoms with E-state index in [0.717, 1.165) is 26.4 Å². The lowest BCUT2D eigenvalue weighted by atomic mass is 10.1. The van der Waals surface area contributed by atoms with E-state index in [1.807, 2.05) is 12.1 Å². The topological polar surface area (TPSA) is 126 Å². The molecule has 0 saturated carbocycles. The summed E-state index contributed by atoms with van der Waals surface area (Å²) in [6, 6.07) is 17.6. The van der Waals surface area contributed by atoms with E-state index in [2.05, 4.69) is 51.5 Å². The SMILES string of the molecule is Cc1ccsc1-c1ccc2sc(-c3ccnc(-c4cc(C(=O)O)cc(-c5cc(C(=O)O)ccn5)n4)c3)nc2c1. The number of hydrogen-bond acceptors (Lipinski definition) is 8. The third kappa shape index (κ3) is 4.78. The molecule has 0 radical (unpaired) electrons. The van der Waals surface area contributed by atoms with Gasteiger partial charge in [-0.1, -0.05) is 6.07 Å². The molecule has 6 aromatic rings. The molecule has 39 heavy (non-hydrogen) atoms. The molecule has 2 N–H and O–H groups in total. The fourth-order valence-corrected chi connectivity index (χ4v) is 6.05. The van der Waals surface area contributed by atoms with Gasteiger partial charge in [0.25, 0.3) is 0 Å². The van der Waals surface area contributed by atoms with Gasteiger partial charge in [0, 0.05) is 22.8 Å². The average Bonchev–Trinajstić information content (AvgIpc) is 3.58. The van der Waals surface area contributed by atoms with E-state index in [1.165, 1.54) is 40.9 Å². The smallest absolute Gasteiger partial charge is 0.335 e. The molecule has 10 heteroatoms. The lowest BCUT2D eigenvalue weighted by Crippen LogP contribution is -2.02. The third-order valence-corrected chi connectivity index (χ3v) is 8.27. The molecule has 190 valence electrons. The normalized spacial score (nSPS) is 11.1. The highest BCUT2D eigenvalue weighted by Crippen LogP contribution is 2.36. The van der Waals surface area contributed by atoms with Crippen molar-refractivity contribution in [3.8, 4) is 43.8 Å². The van der Waals surface area contributed by atoms with Crippen LogP contribution in [0.1, 0.15) is 26.3 Å². The fraction of sp³-hybridized carbons (Fsp3) is 0.0345. The van der Waals surface area contributed by atoms with Gasteiger partial charge < -0.3 is 10.2 Å². The number of fused-ring (bicyclic) bond motifs is 1. The average molecular weight is 551 g/mol. The second-order valence-electron chi connectivity index (χ2n) is 8.73. The van der Waals surface area contributed by atoms with Crippen LogP contribution in [0.3, 0.4) is 0 Å². The number of aromatic nitrogens is 4. The highest BCUT2D eigenvalue weighted by Gasteiger charge is 2.16. The molecule has 0 bridgehead atoms. The molecule has 0 unspecified atom stereocenters. The number of thiophene rings is 1. The zero-order valence-electron chi connectivity index (χ0n) is 20.3.